The second kappa shape index (κ2) is 7.61. The molecule has 0 atom stereocenters. The van der Waals surface area contributed by atoms with Gasteiger partial charge in [0.2, 0.25) is 0 Å². The third kappa shape index (κ3) is 6.69. The summed E-state index contributed by atoms with van der Waals surface area (Å²) >= 11 is 0. The van der Waals surface area contributed by atoms with Crippen molar-refractivity contribution in [3.05, 3.63) is 35.6 Å². The first-order chi connectivity index (χ1) is 8.93. The molecule has 0 amide bonds. The molecule has 0 spiro atoms. The minimum atomic E-state index is -0.157. The van der Waals surface area contributed by atoms with E-state index < -0.39 is 0 Å². The summed E-state index contributed by atoms with van der Waals surface area (Å²) in [6, 6.07) is 6.83. The van der Waals surface area contributed by atoms with Crippen LogP contribution in [0.2, 0.25) is 0 Å². The van der Waals surface area contributed by atoms with Crippen LogP contribution in [0.25, 0.3) is 0 Å². The lowest BCUT2D eigenvalue weighted by Crippen LogP contribution is -2.22. The highest BCUT2D eigenvalue weighted by Crippen LogP contribution is 2.25. The van der Waals surface area contributed by atoms with E-state index in [0.29, 0.717) is 5.41 Å². The van der Waals surface area contributed by atoms with Crippen LogP contribution in [0.1, 0.15) is 38.7 Å². The third-order valence-electron chi connectivity index (χ3n) is 3.56. The second-order valence-electron chi connectivity index (χ2n) is 6.17. The number of benzene rings is 1. The first kappa shape index (κ1) is 16.1. The molecule has 1 aromatic carbocycles. The van der Waals surface area contributed by atoms with Gasteiger partial charge in [-0.1, -0.05) is 26.0 Å². The molecule has 0 unspecified atom stereocenters. The summed E-state index contributed by atoms with van der Waals surface area (Å²) in [5.41, 5.74) is 6.98. The van der Waals surface area contributed by atoms with Gasteiger partial charge in [-0.05, 0) is 62.5 Å². The van der Waals surface area contributed by atoms with Gasteiger partial charge >= 0.3 is 0 Å². The molecule has 0 saturated carbocycles. The fourth-order valence-corrected chi connectivity index (χ4v) is 2.37. The summed E-state index contributed by atoms with van der Waals surface area (Å²) in [5, 5.41) is 0. The Labute approximate surface area is 116 Å². The van der Waals surface area contributed by atoms with Crippen LogP contribution in [0.4, 0.5) is 4.39 Å². The summed E-state index contributed by atoms with van der Waals surface area (Å²) in [6.45, 7) is 7.13. The largest absolute Gasteiger partial charge is 0.330 e. The van der Waals surface area contributed by atoms with Crippen LogP contribution in [0.5, 0.6) is 0 Å². The summed E-state index contributed by atoms with van der Waals surface area (Å²) in [5.74, 6) is -0.157. The molecule has 0 aliphatic heterocycles. The average molecular weight is 266 g/mol. The van der Waals surface area contributed by atoms with E-state index in [2.05, 4.69) is 25.8 Å². The van der Waals surface area contributed by atoms with E-state index in [4.69, 9.17) is 5.73 Å². The summed E-state index contributed by atoms with van der Waals surface area (Å²) in [6.07, 6.45) is 3.40. The predicted molar refractivity (Wildman–Crippen MR) is 79.4 cm³/mol. The number of nitrogens with two attached hydrogens (primary N) is 1. The average Bonchev–Trinajstić information content (AvgIpc) is 2.28. The molecule has 19 heavy (non-hydrogen) atoms. The van der Waals surface area contributed by atoms with E-state index in [1.807, 2.05) is 6.07 Å². The Balaban J connectivity index is 2.30. The lowest BCUT2D eigenvalue weighted by Gasteiger charge is -2.25. The first-order valence-corrected chi connectivity index (χ1v) is 7.06. The molecule has 0 bridgehead atoms. The number of rotatable bonds is 8. The van der Waals surface area contributed by atoms with E-state index in [1.54, 1.807) is 12.1 Å². The van der Waals surface area contributed by atoms with E-state index in [9.17, 15) is 4.39 Å². The van der Waals surface area contributed by atoms with E-state index >= 15 is 0 Å². The minimum absolute atomic E-state index is 0.157. The molecule has 0 aliphatic rings. The molecule has 0 heterocycles. The van der Waals surface area contributed by atoms with Crippen molar-refractivity contribution in [3.8, 4) is 0 Å². The van der Waals surface area contributed by atoms with Crippen molar-refractivity contribution < 1.29 is 4.39 Å². The Morgan fingerprint density at radius 1 is 1.26 bits per heavy atom. The van der Waals surface area contributed by atoms with Crippen molar-refractivity contribution in [3.63, 3.8) is 0 Å². The molecule has 2 N–H and O–H groups in total. The van der Waals surface area contributed by atoms with Gasteiger partial charge in [-0.25, -0.2) is 4.39 Å². The van der Waals surface area contributed by atoms with Crippen molar-refractivity contribution in [2.24, 2.45) is 11.1 Å². The van der Waals surface area contributed by atoms with Gasteiger partial charge in [0.25, 0.3) is 0 Å². The SMILES string of the molecule is CN(CCCC(C)(C)CCN)Cc1cccc(F)c1. The molecule has 0 aromatic heterocycles. The van der Waals surface area contributed by atoms with Gasteiger partial charge in [-0.2, -0.15) is 0 Å². The van der Waals surface area contributed by atoms with E-state index in [1.165, 1.54) is 12.5 Å². The molecule has 3 heteroatoms. The molecule has 0 aliphatic carbocycles. The molecule has 0 saturated heterocycles. The topological polar surface area (TPSA) is 29.3 Å². The fraction of sp³-hybridized carbons (Fsp3) is 0.625. The lowest BCUT2D eigenvalue weighted by molar-refractivity contribution is 0.259. The molecular weight excluding hydrogens is 239 g/mol. The Bertz CT molecular complexity index is 377. The highest BCUT2D eigenvalue weighted by atomic mass is 19.1. The van der Waals surface area contributed by atoms with Gasteiger partial charge in [-0.15, -0.1) is 0 Å². The van der Waals surface area contributed by atoms with Crippen LogP contribution in [0, 0.1) is 11.2 Å². The predicted octanol–water partition coefficient (Wildman–Crippen LogP) is 3.41. The molecule has 1 rings (SSSR count). The molecule has 0 fully saturated rings. The molecule has 1 aromatic rings. The van der Waals surface area contributed by atoms with Gasteiger partial charge in [0.1, 0.15) is 5.82 Å². The second-order valence-corrected chi connectivity index (χ2v) is 6.17. The Morgan fingerprint density at radius 3 is 2.63 bits per heavy atom. The van der Waals surface area contributed by atoms with E-state index in [-0.39, 0.29) is 5.82 Å². The maximum absolute atomic E-state index is 13.1. The molecular formula is C16H27FN2. The van der Waals surface area contributed by atoms with Crippen molar-refractivity contribution in [2.45, 2.75) is 39.7 Å². The van der Waals surface area contributed by atoms with Gasteiger partial charge in [0.15, 0.2) is 0 Å². The third-order valence-corrected chi connectivity index (χ3v) is 3.56. The minimum Gasteiger partial charge on any atom is -0.330 e. The Hall–Kier alpha value is -0.930. The van der Waals surface area contributed by atoms with Crippen LogP contribution in [-0.4, -0.2) is 25.0 Å². The molecule has 108 valence electrons. The van der Waals surface area contributed by atoms with Gasteiger partial charge in [0.05, 0.1) is 0 Å². The maximum Gasteiger partial charge on any atom is 0.123 e. The van der Waals surface area contributed by atoms with Crippen molar-refractivity contribution in [2.75, 3.05) is 20.1 Å². The summed E-state index contributed by atoms with van der Waals surface area (Å²) in [7, 11) is 2.08. The number of halogens is 1. The zero-order valence-corrected chi connectivity index (χ0v) is 12.5. The smallest absolute Gasteiger partial charge is 0.123 e. The maximum atomic E-state index is 13.1. The van der Waals surface area contributed by atoms with Crippen LogP contribution < -0.4 is 5.73 Å². The lowest BCUT2D eigenvalue weighted by atomic mass is 9.84. The van der Waals surface area contributed by atoms with Crippen LogP contribution in [-0.2, 0) is 6.54 Å². The summed E-state index contributed by atoms with van der Waals surface area (Å²) in [4.78, 5) is 2.24. The van der Waals surface area contributed by atoms with Gasteiger partial charge < -0.3 is 10.6 Å². The molecule has 0 radical (unpaired) electrons. The van der Waals surface area contributed by atoms with Crippen LogP contribution in [0.3, 0.4) is 0 Å². The summed E-state index contributed by atoms with van der Waals surface area (Å²) < 4.78 is 13.1. The van der Waals surface area contributed by atoms with Crippen LogP contribution >= 0.6 is 0 Å². The van der Waals surface area contributed by atoms with Crippen molar-refractivity contribution >= 4 is 0 Å². The Morgan fingerprint density at radius 2 is 2.00 bits per heavy atom. The standard InChI is InChI=1S/C16H27FN2/c1-16(2,9-10-18)8-5-11-19(3)13-14-6-4-7-15(17)12-14/h4,6-7,12H,5,8-11,13,18H2,1-3H3. The first-order valence-electron chi connectivity index (χ1n) is 7.06. The fourth-order valence-electron chi connectivity index (χ4n) is 2.37. The normalized spacial score (nSPS) is 12.1. The number of hydrogen-bond donors (Lipinski definition) is 1. The van der Waals surface area contributed by atoms with Crippen LogP contribution in [0.15, 0.2) is 24.3 Å². The number of nitrogens with zero attached hydrogens (tertiary/aromatic N) is 1. The highest BCUT2D eigenvalue weighted by Gasteiger charge is 2.16. The quantitative estimate of drug-likeness (QED) is 0.781. The number of hydrogen-bond acceptors (Lipinski definition) is 2. The van der Waals surface area contributed by atoms with Gasteiger partial charge in [-0.3, -0.25) is 0 Å². The van der Waals surface area contributed by atoms with Gasteiger partial charge in [0, 0.05) is 6.54 Å². The van der Waals surface area contributed by atoms with E-state index in [0.717, 1.165) is 38.0 Å². The molecule has 2 nitrogen and oxygen atoms in total. The zero-order valence-electron chi connectivity index (χ0n) is 12.5. The zero-order chi connectivity index (χ0) is 14.3. The van der Waals surface area contributed by atoms with Crippen molar-refractivity contribution in [1.29, 1.82) is 0 Å². The monoisotopic (exact) mass is 266 g/mol. The highest BCUT2D eigenvalue weighted by molar-refractivity contribution is 5.15. The van der Waals surface area contributed by atoms with Crippen molar-refractivity contribution in [1.82, 2.24) is 4.90 Å². The Kier molecular flexibility index (Phi) is 6.46.